The van der Waals surface area contributed by atoms with Crippen LogP contribution in [0.3, 0.4) is 0 Å². The van der Waals surface area contributed by atoms with E-state index in [0.29, 0.717) is 28.9 Å². The third-order valence-electron chi connectivity index (χ3n) is 3.18. The molecule has 0 aliphatic rings. The lowest BCUT2D eigenvalue weighted by atomic mass is 10.2. The molecular formula is C17H14ClFN4. The van der Waals surface area contributed by atoms with E-state index in [1.54, 1.807) is 18.2 Å². The molecule has 0 aliphatic heterocycles. The van der Waals surface area contributed by atoms with Crippen molar-refractivity contribution >= 4 is 28.9 Å². The highest BCUT2D eigenvalue weighted by Gasteiger charge is 2.02. The first-order valence-corrected chi connectivity index (χ1v) is 7.40. The van der Waals surface area contributed by atoms with Crippen LogP contribution in [-0.4, -0.2) is 9.97 Å². The maximum Gasteiger partial charge on any atom is 0.135 e. The monoisotopic (exact) mass is 328 g/mol. The van der Waals surface area contributed by atoms with Gasteiger partial charge in [-0.1, -0.05) is 35.9 Å². The summed E-state index contributed by atoms with van der Waals surface area (Å²) in [4.78, 5) is 8.29. The smallest absolute Gasteiger partial charge is 0.135 e. The fourth-order valence-corrected chi connectivity index (χ4v) is 2.27. The Hall–Kier alpha value is -2.66. The van der Waals surface area contributed by atoms with E-state index < -0.39 is 0 Å². The highest BCUT2D eigenvalue weighted by Crippen LogP contribution is 2.19. The van der Waals surface area contributed by atoms with E-state index in [-0.39, 0.29) is 5.82 Å². The lowest BCUT2D eigenvalue weighted by Crippen LogP contribution is -2.03. The largest absolute Gasteiger partial charge is 0.366 e. The lowest BCUT2D eigenvalue weighted by molar-refractivity contribution is 0.628. The molecule has 0 amide bonds. The molecule has 0 radical (unpaired) electrons. The van der Waals surface area contributed by atoms with Crippen molar-refractivity contribution in [2.45, 2.75) is 6.54 Å². The van der Waals surface area contributed by atoms with Crippen molar-refractivity contribution in [2.24, 2.45) is 0 Å². The summed E-state index contributed by atoms with van der Waals surface area (Å²) in [6, 6.07) is 15.6. The molecule has 2 aromatic carbocycles. The molecule has 1 heterocycles. The molecule has 1 aromatic heterocycles. The first-order valence-electron chi connectivity index (χ1n) is 7.02. The van der Waals surface area contributed by atoms with Gasteiger partial charge >= 0.3 is 0 Å². The molecule has 3 aromatic rings. The van der Waals surface area contributed by atoms with Gasteiger partial charge in [0.2, 0.25) is 0 Å². The molecule has 0 atom stereocenters. The van der Waals surface area contributed by atoms with Crippen molar-refractivity contribution in [1.82, 2.24) is 9.97 Å². The second-order valence-electron chi connectivity index (χ2n) is 4.87. The molecular weight excluding hydrogens is 315 g/mol. The molecule has 0 aliphatic carbocycles. The van der Waals surface area contributed by atoms with Gasteiger partial charge in [-0.05, 0) is 29.8 Å². The summed E-state index contributed by atoms with van der Waals surface area (Å²) in [5, 5.41) is 6.93. The molecule has 0 saturated heterocycles. The third-order valence-corrected chi connectivity index (χ3v) is 3.55. The molecule has 3 rings (SSSR count). The van der Waals surface area contributed by atoms with Gasteiger partial charge < -0.3 is 10.6 Å². The summed E-state index contributed by atoms with van der Waals surface area (Å²) < 4.78 is 13.2. The zero-order valence-corrected chi connectivity index (χ0v) is 12.9. The summed E-state index contributed by atoms with van der Waals surface area (Å²) in [5.41, 5.74) is 1.60. The van der Waals surface area contributed by atoms with Gasteiger partial charge in [-0.25, -0.2) is 14.4 Å². The van der Waals surface area contributed by atoms with Crippen LogP contribution >= 0.6 is 11.6 Å². The van der Waals surface area contributed by atoms with Crippen molar-refractivity contribution in [3.05, 3.63) is 77.3 Å². The van der Waals surface area contributed by atoms with Crippen LogP contribution in [0.1, 0.15) is 5.56 Å². The Balaban J connectivity index is 1.69. The van der Waals surface area contributed by atoms with E-state index in [9.17, 15) is 4.39 Å². The molecule has 0 fully saturated rings. The zero-order valence-electron chi connectivity index (χ0n) is 12.1. The van der Waals surface area contributed by atoms with Crippen LogP contribution in [0.5, 0.6) is 0 Å². The summed E-state index contributed by atoms with van der Waals surface area (Å²) >= 11 is 6.12. The number of anilines is 3. The van der Waals surface area contributed by atoms with Crippen LogP contribution in [0.25, 0.3) is 0 Å². The minimum atomic E-state index is -0.305. The second-order valence-corrected chi connectivity index (χ2v) is 5.28. The normalized spacial score (nSPS) is 10.3. The van der Waals surface area contributed by atoms with Gasteiger partial charge in [-0.3, -0.25) is 0 Å². The Bertz CT molecular complexity index is 810. The van der Waals surface area contributed by atoms with Crippen molar-refractivity contribution in [3.63, 3.8) is 0 Å². The number of aromatic nitrogens is 2. The fourth-order valence-electron chi connectivity index (χ4n) is 2.06. The Labute approximate surface area is 138 Å². The van der Waals surface area contributed by atoms with Gasteiger partial charge in [0.05, 0.1) is 0 Å². The zero-order chi connectivity index (χ0) is 16.1. The molecule has 0 bridgehead atoms. The van der Waals surface area contributed by atoms with E-state index in [1.807, 2.05) is 24.3 Å². The number of nitrogens with one attached hydrogen (secondary N) is 2. The number of nitrogens with zero attached hydrogens (tertiary/aromatic N) is 2. The summed E-state index contributed by atoms with van der Waals surface area (Å²) in [6.07, 6.45) is 1.44. The van der Waals surface area contributed by atoms with E-state index in [0.717, 1.165) is 5.56 Å². The van der Waals surface area contributed by atoms with Gasteiger partial charge in [-0.15, -0.1) is 0 Å². The Morgan fingerprint density at radius 1 is 0.957 bits per heavy atom. The van der Waals surface area contributed by atoms with Crippen molar-refractivity contribution in [2.75, 3.05) is 10.6 Å². The van der Waals surface area contributed by atoms with Gasteiger partial charge in [0.1, 0.15) is 23.8 Å². The second kappa shape index (κ2) is 7.07. The van der Waals surface area contributed by atoms with Crippen LogP contribution in [0, 0.1) is 5.82 Å². The molecule has 116 valence electrons. The predicted octanol–water partition coefficient (Wildman–Crippen LogP) is 4.62. The average Bonchev–Trinajstić information content (AvgIpc) is 2.54. The number of hydrogen-bond acceptors (Lipinski definition) is 4. The standard InChI is InChI=1S/C17H14ClFN4/c18-15-7-2-1-4-12(15)10-20-16-9-17(22-11-21-16)23-14-6-3-5-13(19)8-14/h1-9,11H,10H2,(H2,20,21,22,23). The fraction of sp³-hybridized carbons (Fsp3) is 0.0588. The lowest BCUT2D eigenvalue weighted by Gasteiger charge is -2.09. The minimum Gasteiger partial charge on any atom is -0.366 e. The number of rotatable bonds is 5. The number of hydrogen-bond donors (Lipinski definition) is 2. The van der Waals surface area contributed by atoms with E-state index >= 15 is 0 Å². The highest BCUT2D eigenvalue weighted by atomic mass is 35.5. The number of halogens is 2. The third kappa shape index (κ3) is 4.17. The Morgan fingerprint density at radius 2 is 1.78 bits per heavy atom. The van der Waals surface area contributed by atoms with Crippen LogP contribution in [0.4, 0.5) is 21.7 Å². The average molecular weight is 329 g/mol. The summed E-state index contributed by atoms with van der Waals surface area (Å²) in [7, 11) is 0. The highest BCUT2D eigenvalue weighted by molar-refractivity contribution is 6.31. The van der Waals surface area contributed by atoms with E-state index in [1.165, 1.54) is 18.5 Å². The summed E-state index contributed by atoms with van der Waals surface area (Å²) in [6.45, 7) is 0.552. The van der Waals surface area contributed by atoms with Gasteiger partial charge in [0.25, 0.3) is 0 Å². The van der Waals surface area contributed by atoms with Crippen LogP contribution in [-0.2, 0) is 6.54 Å². The summed E-state index contributed by atoms with van der Waals surface area (Å²) in [5.74, 6) is 0.923. The van der Waals surface area contributed by atoms with Crippen molar-refractivity contribution in [3.8, 4) is 0 Å². The first-order chi connectivity index (χ1) is 11.2. The maximum absolute atomic E-state index is 13.2. The molecule has 0 saturated carbocycles. The number of benzene rings is 2. The maximum atomic E-state index is 13.2. The molecule has 4 nitrogen and oxygen atoms in total. The van der Waals surface area contributed by atoms with Crippen LogP contribution < -0.4 is 10.6 Å². The van der Waals surface area contributed by atoms with Crippen molar-refractivity contribution < 1.29 is 4.39 Å². The molecule has 2 N–H and O–H groups in total. The van der Waals surface area contributed by atoms with Crippen molar-refractivity contribution in [1.29, 1.82) is 0 Å². The van der Waals surface area contributed by atoms with Gasteiger partial charge in [0.15, 0.2) is 0 Å². The molecule has 0 spiro atoms. The van der Waals surface area contributed by atoms with E-state index in [2.05, 4.69) is 20.6 Å². The first kappa shape index (κ1) is 15.2. The van der Waals surface area contributed by atoms with Crippen LogP contribution in [0.2, 0.25) is 5.02 Å². The Morgan fingerprint density at radius 3 is 2.61 bits per heavy atom. The molecule has 0 unspecified atom stereocenters. The topological polar surface area (TPSA) is 49.8 Å². The predicted molar refractivity (Wildman–Crippen MR) is 90.5 cm³/mol. The molecule has 23 heavy (non-hydrogen) atoms. The van der Waals surface area contributed by atoms with Crippen LogP contribution in [0.15, 0.2) is 60.9 Å². The van der Waals surface area contributed by atoms with E-state index in [4.69, 9.17) is 11.6 Å². The Kier molecular flexibility index (Phi) is 4.68. The SMILES string of the molecule is Fc1cccc(Nc2cc(NCc3ccccc3Cl)ncn2)c1. The minimum absolute atomic E-state index is 0.305. The molecule has 6 heteroatoms. The quantitative estimate of drug-likeness (QED) is 0.717. The van der Waals surface area contributed by atoms with Gasteiger partial charge in [0, 0.05) is 23.3 Å². The van der Waals surface area contributed by atoms with Gasteiger partial charge in [-0.2, -0.15) is 0 Å².